The lowest BCUT2D eigenvalue weighted by atomic mass is 9.53. The van der Waals surface area contributed by atoms with Crippen LogP contribution in [0.15, 0.2) is 0 Å². The molecule has 148 valence electrons. The molecule has 2 aliphatic heterocycles. The number of carbonyl (C=O) groups excluding carboxylic acids is 1. The second kappa shape index (κ2) is 6.80. The van der Waals surface area contributed by atoms with Crippen LogP contribution in [0.3, 0.4) is 0 Å². The molecule has 6 nitrogen and oxygen atoms in total. The van der Waals surface area contributed by atoms with Gasteiger partial charge in [0, 0.05) is 5.82 Å². The second-order valence-corrected chi connectivity index (χ2v) is 9.39. The Balaban J connectivity index is 2.28. The van der Waals surface area contributed by atoms with Gasteiger partial charge in [-0.25, -0.2) is 0 Å². The molecule has 2 rings (SSSR count). The van der Waals surface area contributed by atoms with Crippen molar-refractivity contribution in [2.75, 3.05) is 6.61 Å². The molecule has 2 aliphatic rings. The van der Waals surface area contributed by atoms with Gasteiger partial charge in [0.15, 0.2) is 0 Å². The smallest absolute Gasteiger partial charge is 0.466 e. The Labute approximate surface area is 158 Å². The third-order valence-electron chi connectivity index (χ3n) is 6.39. The fourth-order valence-corrected chi connectivity index (χ4v) is 3.12. The Morgan fingerprint density at radius 2 is 1.15 bits per heavy atom. The summed E-state index contributed by atoms with van der Waals surface area (Å²) in [6.45, 7) is 19.9. The lowest BCUT2D eigenvalue weighted by Crippen LogP contribution is -2.41. The Hall–Kier alpha value is -0.560. The highest BCUT2D eigenvalue weighted by molar-refractivity contribution is 6.58. The van der Waals surface area contributed by atoms with Crippen molar-refractivity contribution in [2.45, 2.75) is 103 Å². The molecule has 0 aromatic carbocycles. The van der Waals surface area contributed by atoms with Gasteiger partial charge in [-0.2, -0.15) is 0 Å². The minimum atomic E-state index is -0.715. The Bertz CT molecular complexity index is 514. The summed E-state index contributed by atoms with van der Waals surface area (Å²) in [7, 11) is -1.26. The molecule has 0 aromatic rings. The van der Waals surface area contributed by atoms with Crippen LogP contribution in [0.25, 0.3) is 0 Å². The van der Waals surface area contributed by atoms with Crippen molar-refractivity contribution in [2.24, 2.45) is 0 Å². The molecule has 2 unspecified atom stereocenters. The summed E-state index contributed by atoms with van der Waals surface area (Å²) >= 11 is 0. The van der Waals surface area contributed by atoms with E-state index in [1.54, 1.807) is 6.92 Å². The summed E-state index contributed by atoms with van der Waals surface area (Å²) in [5, 5.41) is 0. The molecule has 8 heteroatoms. The molecule has 2 fully saturated rings. The zero-order chi connectivity index (χ0) is 20.1. The van der Waals surface area contributed by atoms with Crippen LogP contribution in [0.5, 0.6) is 0 Å². The summed E-state index contributed by atoms with van der Waals surface area (Å²) in [6.07, 6.45) is 0. The van der Waals surface area contributed by atoms with Gasteiger partial charge in [0.25, 0.3) is 0 Å². The van der Waals surface area contributed by atoms with E-state index in [0.29, 0.717) is 6.61 Å². The quantitative estimate of drug-likeness (QED) is 0.547. The first-order chi connectivity index (χ1) is 11.7. The second-order valence-electron chi connectivity index (χ2n) is 9.39. The Morgan fingerprint density at radius 3 is 1.50 bits per heavy atom. The van der Waals surface area contributed by atoms with Crippen molar-refractivity contribution < 1.29 is 28.1 Å². The van der Waals surface area contributed by atoms with Gasteiger partial charge in [0.05, 0.1) is 34.8 Å². The molecule has 0 amide bonds. The summed E-state index contributed by atoms with van der Waals surface area (Å²) in [5.41, 5.74) is -2.00. The first-order valence-electron chi connectivity index (χ1n) is 9.53. The van der Waals surface area contributed by atoms with Crippen LogP contribution in [0.4, 0.5) is 0 Å². The molecule has 2 heterocycles. The van der Waals surface area contributed by atoms with Crippen LogP contribution in [0.2, 0.25) is 11.6 Å². The van der Waals surface area contributed by atoms with E-state index in [1.807, 2.05) is 62.3 Å². The minimum absolute atomic E-state index is 0.297. The van der Waals surface area contributed by atoms with E-state index in [9.17, 15) is 4.79 Å². The number of rotatable bonds is 5. The molecule has 26 heavy (non-hydrogen) atoms. The maximum atomic E-state index is 12.8. The van der Waals surface area contributed by atoms with Gasteiger partial charge in [0.1, 0.15) is 0 Å². The normalized spacial score (nSPS) is 28.1. The number of esters is 1. The van der Waals surface area contributed by atoms with E-state index in [0.717, 1.165) is 0 Å². The largest absolute Gasteiger partial charge is 0.472 e. The summed E-state index contributed by atoms with van der Waals surface area (Å²) in [6, 6.07) is 0. The predicted molar refractivity (Wildman–Crippen MR) is 102 cm³/mol. The maximum absolute atomic E-state index is 12.8. The number of hydrogen-bond donors (Lipinski definition) is 0. The van der Waals surface area contributed by atoms with Gasteiger partial charge in [-0.1, -0.05) is 6.92 Å². The van der Waals surface area contributed by atoms with E-state index in [-0.39, 0.29) is 11.8 Å². The van der Waals surface area contributed by atoms with Crippen molar-refractivity contribution in [3.8, 4) is 0 Å². The molecule has 2 saturated heterocycles. The highest BCUT2D eigenvalue weighted by atomic mass is 16.7. The van der Waals surface area contributed by atoms with E-state index in [4.69, 9.17) is 23.4 Å². The van der Waals surface area contributed by atoms with Crippen molar-refractivity contribution in [3.63, 3.8) is 0 Å². The fraction of sp³-hybridized carbons (Fsp3) is 0.944. The molecule has 0 bridgehead atoms. The van der Waals surface area contributed by atoms with E-state index in [1.165, 1.54) is 0 Å². The zero-order valence-corrected chi connectivity index (χ0v) is 18.0. The Morgan fingerprint density at radius 1 is 0.808 bits per heavy atom. The van der Waals surface area contributed by atoms with Crippen LogP contribution in [-0.2, 0) is 28.1 Å². The van der Waals surface area contributed by atoms with Crippen LogP contribution in [0, 0.1) is 0 Å². The lowest BCUT2D eigenvalue weighted by Gasteiger charge is -2.32. The van der Waals surface area contributed by atoms with Crippen molar-refractivity contribution in [1.82, 2.24) is 0 Å². The first kappa shape index (κ1) is 21.7. The molecule has 0 radical (unpaired) electrons. The molecular weight excluding hydrogens is 334 g/mol. The summed E-state index contributed by atoms with van der Waals surface area (Å²) in [4.78, 5) is 12.8. The van der Waals surface area contributed by atoms with E-state index < -0.39 is 42.5 Å². The molecular formula is C18H34B2O6. The van der Waals surface area contributed by atoms with Gasteiger partial charge in [-0.3, -0.25) is 4.79 Å². The van der Waals surface area contributed by atoms with Crippen molar-refractivity contribution in [1.29, 1.82) is 0 Å². The SMILES string of the molecule is CCOC(=O)C(B1OC(C)(C)C(C)(C)O1)C(C)B1OC(C)(C)C(C)(C)O1. The van der Waals surface area contributed by atoms with Gasteiger partial charge in [-0.05, 0) is 62.3 Å². The van der Waals surface area contributed by atoms with Crippen molar-refractivity contribution in [3.05, 3.63) is 0 Å². The monoisotopic (exact) mass is 368 g/mol. The lowest BCUT2D eigenvalue weighted by molar-refractivity contribution is -0.143. The third kappa shape index (κ3) is 3.71. The number of ether oxygens (including phenoxy) is 1. The Kier molecular flexibility index (Phi) is 5.68. The van der Waals surface area contributed by atoms with E-state index in [2.05, 4.69) is 0 Å². The number of carbonyl (C=O) groups is 1. The highest BCUT2D eigenvalue weighted by Gasteiger charge is 2.61. The van der Waals surface area contributed by atoms with Gasteiger partial charge < -0.3 is 23.4 Å². The highest BCUT2D eigenvalue weighted by Crippen LogP contribution is 2.48. The molecule has 2 atom stereocenters. The zero-order valence-electron chi connectivity index (χ0n) is 18.0. The van der Waals surface area contributed by atoms with E-state index >= 15 is 0 Å². The van der Waals surface area contributed by atoms with Gasteiger partial charge in [-0.15, -0.1) is 0 Å². The topological polar surface area (TPSA) is 63.2 Å². The molecule has 0 saturated carbocycles. The van der Waals surface area contributed by atoms with Gasteiger partial charge in [0.2, 0.25) is 0 Å². The summed E-state index contributed by atoms with van der Waals surface area (Å²) < 4.78 is 29.9. The minimum Gasteiger partial charge on any atom is -0.466 e. The predicted octanol–water partition coefficient (Wildman–Crippen LogP) is 3.49. The molecule has 0 aliphatic carbocycles. The standard InChI is InChI=1S/C18H34B2O6/c1-11-22-14(21)13(20-25-17(7,8)18(9,10)26-20)12(2)19-23-15(3,4)16(5,6)24-19/h12-13H,11H2,1-10H3. The fourth-order valence-electron chi connectivity index (χ4n) is 3.12. The third-order valence-corrected chi connectivity index (χ3v) is 6.39. The van der Waals surface area contributed by atoms with Gasteiger partial charge >= 0.3 is 20.2 Å². The molecule has 0 spiro atoms. The average Bonchev–Trinajstić information content (AvgIpc) is 2.78. The number of hydrogen-bond acceptors (Lipinski definition) is 6. The van der Waals surface area contributed by atoms with Crippen LogP contribution >= 0.6 is 0 Å². The van der Waals surface area contributed by atoms with Crippen molar-refractivity contribution >= 4 is 20.2 Å². The first-order valence-corrected chi connectivity index (χ1v) is 9.53. The summed E-state index contributed by atoms with van der Waals surface area (Å²) in [5.74, 6) is -1.30. The van der Waals surface area contributed by atoms with Crippen LogP contribution < -0.4 is 0 Å². The average molecular weight is 368 g/mol. The molecule has 0 aromatic heterocycles. The van der Waals surface area contributed by atoms with Crippen LogP contribution in [-0.4, -0.2) is 49.2 Å². The van der Waals surface area contributed by atoms with Crippen LogP contribution in [0.1, 0.15) is 69.2 Å². The maximum Gasteiger partial charge on any atom is 0.472 e. The molecule has 0 N–H and O–H groups in total.